The van der Waals surface area contributed by atoms with Gasteiger partial charge in [0.05, 0.1) is 6.61 Å². The number of benzene rings is 2. The fourth-order valence-corrected chi connectivity index (χ4v) is 4.18. The van der Waals surface area contributed by atoms with Crippen LogP contribution in [-0.4, -0.2) is 48.9 Å². The van der Waals surface area contributed by atoms with E-state index in [1.165, 1.54) is 24.3 Å². The van der Waals surface area contributed by atoms with E-state index in [0.717, 1.165) is 44.5 Å². The SMILES string of the molecule is CC(C)=C1Oc2cccc(OCCCN3CCC(NC(=O)c4ccc(F)cc4)CC3)c2C1=O. The molecule has 1 saturated heterocycles. The van der Waals surface area contributed by atoms with Gasteiger partial charge in [-0.05, 0) is 75.1 Å². The number of hydrogen-bond acceptors (Lipinski definition) is 5. The van der Waals surface area contributed by atoms with Crippen molar-refractivity contribution in [3.63, 3.8) is 0 Å². The third-order valence-electron chi connectivity index (χ3n) is 5.99. The quantitative estimate of drug-likeness (QED) is 0.500. The molecule has 2 aliphatic heterocycles. The second-order valence-corrected chi connectivity index (χ2v) is 8.69. The molecule has 1 fully saturated rings. The third-order valence-corrected chi connectivity index (χ3v) is 5.99. The standard InChI is InChI=1S/C26H29FN2O4/c1-17(2)25-24(30)23-21(5-3-6-22(23)33-25)32-16-4-13-29-14-11-20(12-15-29)28-26(31)18-7-9-19(27)10-8-18/h3,5-10,20H,4,11-16H2,1-2H3,(H,28,31). The minimum atomic E-state index is -0.349. The van der Waals surface area contributed by atoms with Gasteiger partial charge in [-0.1, -0.05) is 6.07 Å². The molecule has 0 spiro atoms. The van der Waals surface area contributed by atoms with Crippen molar-refractivity contribution in [2.75, 3.05) is 26.2 Å². The summed E-state index contributed by atoms with van der Waals surface area (Å²) in [5.74, 6) is 0.875. The number of hydrogen-bond donors (Lipinski definition) is 1. The minimum Gasteiger partial charge on any atom is -0.493 e. The molecule has 0 bridgehead atoms. The highest BCUT2D eigenvalue weighted by atomic mass is 19.1. The topological polar surface area (TPSA) is 67.9 Å². The molecule has 1 amide bonds. The summed E-state index contributed by atoms with van der Waals surface area (Å²) in [5, 5.41) is 3.04. The number of carbonyl (C=O) groups is 2. The van der Waals surface area contributed by atoms with Crippen molar-refractivity contribution < 1.29 is 23.5 Å². The van der Waals surface area contributed by atoms with E-state index in [2.05, 4.69) is 10.2 Å². The normalized spacial score (nSPS) is 16.3. The molecule has 1 N–H and O–H groups in total. The van der Waals surface area contributed by atoms with Crippen molar-refractivity contribution in [1.82, 2.24) is 10.2 Å². The van der Waals surface area contributed by atoms with Gasteiger partial charge in [0.1, 0.15) is 22.9 Å². The Balaban J connectivity index is 1.20. The van der Waals surface area contributed by atoms with E-state index < -0.39 is 0 Å². The first-order valence-electron chi connectivity index (χ1n) is 11.4. The number of fused-ring (bicyclic) bond motifs is 1. The number of likely N-dealkylation sites (tertiary alicyclic amines) is 1. The summed E-state index contributed by atoms with van der Waals surface area (Å²) in [4.78, 5) is 27.3. The maximum absolute atomic E-state index is 13.0. The van der Waals surface area contributed by atoms with Gasteiger partial charge in [0.15, 0.2) is 5.76 Å². The van der Waals surface area contributed by atoms with Crippen LogP contribution in [0.5, 0.6) is 11.5 Å². The summed E-state index contributed by atoms with van der Waals surface area (Å²) in [6.07, 6.45) is 2.58. The Bertz CT molecular complexity index is 1050. The van der Waals surface area contributed by atoms with Crippen molar-refractivity contribution in [2.24, 2.45) is 0 Å². The number of ketones is 1. The first-order chi connectivity index (χ1) is 15.9. The van der Waals surface area contributed by atoms with E-state index in [0.29, 0.717) is 35.0 Å². The zero-order chi connectivity index (χ0) is 23.4. The van der Waals surface area contributed by atoms with Gasteiger partial charge in [-0.25, -0.2) is 4.39 Å². The molecule has 0 unspecified atom stereocenters. The van der Waals surface area contributed by atoms with Crippen molar-refractivity contribution in [1.29, 1.82) is 0 Å². The van der Waals surface area contributed by atoms with Gasteiger partial charge < -0.3 is 19.7 Å². The maximum atomic E-state index is 13.0. The number of Topliss-reactive ketones (excluding diaryl/α,β-unsaturated/α-hetero) is 1. The van der Waals surface area contributed by atoms with Gasteiger partial charge in [0.25, 0.3) is 5.91 Å². The van der Waals surface area contributed by atoms with Crippen LogP contribution in [0.15, 0.2) is 53.8 Å². The van der Waals surface area contributed by atoms with Gasteiger partial charge in [0, 0.05) is 31.2 Å². The highest BCUT2D eigenvalue weighted by Gasteiger charge is 2.31. The van der Waals surface area contributed by atoms with E-state index >= 15 is 0 Å². The Morgan fingerprint density at radius 2 is 1.88 bits per heavy atom. The van der Waals surface area contributed by atoms with Crippen LogP contribution in [0.3, 0.4) is 0 Å². The van der Waals surface area contributed by atoms with Crippen LogP contribution in [0.1, 0.15) is 53.8 Å². The molecule has 0 radical (unpaired) electrons. The molecule has 7 heteroatoms. The lowest BCUT2D eigenvalue weighted by atomic mass is 10.0. The van der Waals surface area contributed by atoms with E-state index in [4.69, 9.17) is 9.47 Å². The number of ether oxygens (including phenoxy) is 2. The Hall–Kier alpha value is -3.19. The fourth-order valence-electron chi connectivity index (χ4n) is 4.18. The maximum Gasteiger partial charge on any atom is 0.251 e. The van der Waals surface area contributed by atoms with Gasteiger partial charge >= 0.3 is 0 Å². The average molecular weight is 453 g/mol. The summed E-state index contributed by atoms with van der Waals surface area (Å²) < 4.78 is 24.7. The highest BCUT2D eigenvalue weighted by molar-refractivity contribution is 6.14. The number of rotatable bonds is 7. The smallest absolute Gasteiger partial charge is 0.251 e. The highest BCUT2D eigenvalue weighted by Crippen LogP contribution is 2.38. The molecular weight excluding hydrogens is 423 g/mol. The molecule has 2 aliphatic rings. The van der Waals surface area contributed by atoms with Crippen LogP contribution in [0.25, 0.3) is 0 Å². The van der Waals surface area contributed by atoms with Crippen LogP contribution in [0, 0.1) is 5.82 Å². The minimum absolute atomic E-state index is 0.120. The van der Waals surface area contributed by atoms with E-state index in [1.54, 1.807) is 6.07 Å². The number of allylic oxidation sites excluding steroid dienone is 2. The molecule has 0 aromatic heterocycles. The largest absolute Gasteiger partial charge is 0.493 e. The van der Waals surface area contributed by atoms with Crippen LogP contribution >= 0.6 is 0 Å². The Labute approximate surface area is 193 Å². The average Bonchev–Trinajstić information content (AvgIpc) is 3.16. The summed E-state index contributed by atoms with van der Waals surface area (Å²) >= 11 is 0. The first-order valence-corrected chi connectivity index (χ1v) is 11.4. The predicted molar refractivity (Wildman–Crippen MR) is 123 cm³/mol. The van der Waals surface area contributed by atoms with Crippen LogP contribution in [0.4, 0.5) is 4.39 Å². The number of halogens is 1. The lowest BCUT2D eigenvalue weighted by Gasteiger charge is -2.32. The Kier molecular flexibility index (Phi) is 7.08. The monoisotopic (exact) mass is 452 g/mol. The Morgan fingerprint density at radius 1 is 1.15 bits per heavy atom. The second-order valence-electron chi connectivity index (χ2n) is 8.69. The zero-order valence-electron chi connectivity index (χ0n) is 19.0. The zero-order valence-corrected chi connectivity index (χ0v) is 19.0. The molecule has 6 nitrogen and oxygen atoms in total. The van der Waals surface area contributed by atoms with E-state index in [9.17, 15) is 14.0 Å². The van der Waals surface area contributed by atoms with Crippen molar-refractivity contribution in [2.45, 2.75) is 39.2 Å². The molecular formula is C26H29FN2O4. The van der Waals surface area contributed by atoms with E-state index in [-0.39, 0.29) is 23.5 Å². The van der Waals surface area contributed by atoms with E-state index in [1.807, 2.05) is 26.0 Å². The van der Waals surface area contributed by atoms with Crippen molar-refractivity contribution in [3.05, 3.63) is 70.7 Å². The molecule has 2 aromatic rings. The first kappa shape index (κ1) is 23.0. The molecule has 0 aliphatic carbocycles. The third kappa shape index (κ3) is 5.42. The predicted octanol–water partition coefficient (Wildman–Crippen LogP) is 4.36. The van der Waals surface area contributed by atoms with Crippen molar-refractivity contribution >= 4 is 11.7 Å². The molecule has 4 rings (SSSR count). The van der Waals surface area contributed by atoms with Gasteiger partial charge in [-0.15, -0.1) is 0 Å². The number of amides is 1. The second kappa shape index (κ2) is 10.2. The summed E-state index contributed by atoms with van der Waals surface area (Å²) in [6, 6.07) is 11.2. The van der Waals surface area contributed by atoms with Crippen LogP contribution in [-0.2, 0) is 0 Å². The molecule has 33 heavy (non-hydrogen) atoms. The summed E-state index contributed by atoms with van der Waals surface area (Å²) in [5.41, 5.74) is 1.83. The van der Waals surface area contributed by atoms with Gasteiger partial charge in [-0.2, -0.15) is 0 Å². The number of carbonyl (C=O) groups excluding carboxylic acids is 2. The van der Waals surface area contributed by atoms with Crippen LogP contribution < -0.4 is 14.8 Å². The fraction of sp³-hybridized carbons (Fsp3) is 0.385. The number of piperidine rings is 1. The summed E-state index contributed by atoms with van der Waals surface area (Å²) in [6.45, 7) is 6.90. The Morgan fingerprint density at radius 3 is 2.58 bits per heavy atom. The van der Waals surface area contributed by atoms with Crippen molar-refractivity contribution in [3.8, 4) is 11.5 Å². The molecule has 2 aromatic carbocycles. The molecule has 174 valence electrons. The number of nitrogens with one attached hydrogen (secondary N) is 1. The van der Waals surface area contributed by atoms with Gasteiger partial charge in [-0.3, -0.25) is 9.59 Å². The number of nitrogens with zero attached hydrogens (tertiary/aromatic N) is 1. The van der Waals surface area contributed by atoms with Crippen LogP contribution in [0.2, 0.25) is 0 Å². The van der Waals surface area contributed by atoms with Gasteiger partial charge in [0.2, 0.25) is 5.78 Å². The lowest BCUT2D eigenvalue weighted by Crippen LogP contribution is -2.45. The molecule has 0 saturated carbocycles. The summed E-state index contributed by atoms with van der Waals surface area (Å²) in [7, 11) is 0. The molecule has 0 atom stereocenters. The lowest BCUT2D eigenvalue weighted by molar-refractivity contribution is 0.0909. The molecule has 2 heterocycles.